The minimum absolute atomic E-state index is 0.108. The number of rotatable bonds is 4. The molecule has 1 aromatic rings. The van der Waals surface area contributed by atoms with Crippen LogP contribution in [0.3, 0.4) is 0 Å². The topological polar surface area (TPSA) is 83.6 Å². The maximum atomic E-state index is 13.1. The molecule has 0 spiro atoms. The van der Waals surface area contributed by atoms with Crippen molar-refractivity contribution in [2.75, 3.05) is 32.4 Å². The van der Waals surface area contributed by atoms with Gasteiger partial charge in [-0.2, -0.15) is 0 Å². The maximum absolute atomic E-state index is 13.1. The van der Waals surface area contributed by atoms with Crippen molar-refractivity contribution in [1.29, 1.82) is 0 Å². The number of likely N-dealkylation sites (tertiary alicyclic amines) is 1. The summed E-state index contributed by atoms with van der Waals surface area (Å²) in [6.07, 6.45) is 2.96. The van der Waals surface area contributed by atoms with E-state index in [1.54, 1.807) is 4.90 Å². The third kappa shape index (κ3) is 3.55. The molecule has 2 heterocycles. The summed E-state index contributed by atoms with van der Waals surface area (Å²) >= 11 is 0. The lowest BCUT2D eigenvalue weighted by Gasteiger charge is -2.40. The van der Waals surface area contributed by atoms with E-state index in [0.29, 0.717) is 57.4 Å². The Morgan fingerprint density at radius 2 is 1.65 bits per heavy atom. The SMILES string of the molecule is CS(=O)(=O)C1(C(=O)N2CCC(C(=O)c3ccccc3)CC2)CCNCC1. The second-order valence-electron chi connectivity index (χ2n) is 7.31. The number of nitrogens with one attached hydrogen (secondary N) is 1. The largest absolute Gasteiger partial charge is 0.341 e. The fourth-order valence-electron chi connectivity index (χ4n) is 4.04. The molecule has 0 aromatic heterocycles. The van der Waals surface area contributed by atoms with Crippen molar-refractivity contribution in [2.24, 2.45) is 5.92 Å². The fraction of sp³-hybridized carbons (Fsp3) is 0.579. The van der Waals surface area contributed by atoms with Gasteiger partial charge in [0.1, 0.15) is 0 Å². The summed E-state index contributed by atoms with van der Waals surface area (Å²) < 4.78 is 23.5. The number of hydrogen-bond donors (Lipinski definition) is 1. The first kappa shape index (κ1) is 19.0. The van der Waals surface area contributed by atoms with Gasteiger partial charge >= 0.3 is 0 Å². The molecule has 2 aliphatic rings. The van der Waals surface area contributed by atoms with Crippen molar-refractivity contribution in [2.45, 2.75) is 30.4 Å². The molecule has 6 nitrogen and oxygen atoms in total. The molecule has 0 unspecified atom stereocenters. The Morgan fingerprint density at radius 3 is 2.19 bits per heavy atom. The van der Waals surface area contributed by atoms with Crippen molar-refractivity contribution in [1.82, 2.24) is 10.2 Å². The van der Waals surface area contributed by atoms with Crippen LogP contribution in [-0.2, 0) is 14.6 Å². The van der Waals surface area contributed by atoms with Crippen LogP contribution in [0, 0.1) is 5.92 Å². The van der Waals surface area contributed by atoms with Gasteiger partial charge in [0.05, 0.1) is 0 Å². The lowest BCUT2D eigenvalue weighted by molar-refractivity contribution is -0.136. The second kappa shape index (κ2) is 7.48. The molecule has 0 aliphatic carbocycles. The second-order valence-corrected chi connectivity index (χ2v) is 9.64. The summed E-state index contributed by atoms with van der Waals surface area (Å²) in [5, 5.41) is 3.13. The van der Waals surface area contributed by atoms with E-state index < -0.39 is 14.6 Å². The number of hydrogen-bond acceptors (Lipinski definition) is 5. The number of carbonyl (C=O) groups is 2. The number of Topliss-reactive ketones (excluding diaryl/α,β-unsaturated/α-hetero) is 1. The fourth-order valence-corrected chi connectivity index (χ4v) is 5.44. The van der Waals surface area contributed by atoms with E-state index in [9.17, 15) is 18.0 Å². The standard InChI is InChI=1S/C19H26N2O4S/c1-26(24,25)19(9-11-20-12-10-19)18(23)21-13-7-16(8-14-21)17(22)15-5-3-2-4-6-15/h2-6,16,20H,7-14H2,1H3. The molecule has 0 radical (unpaired) electrons. The lowest BCUT2D eigenvalue weighted by Crippen LogP contribution is -2.59. The predicted molar refractivity (Wildman–Crippen MR) is 99.8 cm³/mol. The highest BCUT2D eigenvalue weighted by Crippen LogP contribution is 2.32. The van der Waals surface area contributed by atoms with Crippen molar-refractivity contribution in [3.63, 3.8) is 0 Å². The van der Waals surface area contributed by atoms with Gasteiger partial charge in [0.15, 0.2) is 20.4 Å². The molecular formula is C19H26N2O4S. The van der Waals surface area contributed by atoms with Gasteiger partial charge in [-0.05, 0) is 38.8 Å². The van der Waals surface area contributed by atoms with Crippen LogP contribution in [0.15, 0.2) is 30.3 Å². The van der Waals surface area contributed by atoms with Crippen LogP contribution in [0.1, 0.15) is 36.0 Å². The molecule has 142 valence electrons. The zero-order chi connectivity index (χ0) is 18.8. The van der Waals surface area contributed by atoms with Gasteiger partial charge < -0.3 is 10.2 Å². The number of sulfone groups is 1. The molecule has 1 amide bonds. The van der Waals surface area contributed by atoms with Crippen molar-refractivity contribution in [3.8, 4) is 0 Å². The first-order valence-corrected chi connectivity index (χ1v) is 11.0. The summed E-state index contributed by atoms with van der Waals surface area (Å²) in [4.78, 5) is 27.3. The zero-order valence-electron chi connectivity index (χ0n) is 15.1. The van der Waals surface area contributed by atoms with Crippen LogP contribution < -0.4 is 5.32 Å². The molecule has 3 rings (SSSR count). The summed E-state index contributed by atoms with van der Waals surface area (Å²) in [7, 11) is -3.51. The lowest BCUT2D eigenvalue weighted by atomic mass is 9.87. The van der Waals surface area contributed by atoms with E-state index in [1.807, 2.05) is 30.3 Å². The minimum atomic E-state index is -3.51. The third-order valence-corrected chi connectivity index (χ3v) is 7.72. The number of benzene rings is 1. The predicted octanol–water partition coefficient (Wildman–Crippen LogP) is 1.27. The highest BCUT2D eigenvalue weighted by Gasteiger charge is 2.50. The summed E-state index contributed by atoms with van der Waals surface area (Å²) in [6, 6.07) is 9.19. The van der Waals surface area contributed by atoms with Crippen LogP contribution in [0.25, 0.3) is 0 Å². The zero-order valence-corrected chi connectivity index (χ0v) is 15.9. The van der Waals surface area contributed by atoms with Crippen LogP contribution in [0.4, 0.5) is 0 Å². The molecule has 1 N–H and O–H groups in total. The summed E-state index contributed by atoms with van der Waals surface area (Å²) in [5.41, 5.74) is 0.697. The molecule has 7 heteroatoms. The van der Waals surface area contributed by atoms with Gasteiger partial charge in [-0.25, -0.2) is 8.42 Å². The third-order valence-electron chi connectivity index (χ3n) is 5.72. The molecule has 0 bridgehead atoms. The maximum Gasteiger partial charge on any atom is 0.244 e. The van der Waals surface area contributed by atoms with Crippen LogP contribution >= 0.6 is 0 Å². The smallest absolute Gasteiger partial charge is 0.244 e. The number of amides is 1. The Kier molecular flexibility index (Phi) is 5.48. The number of piperidine rings is 2. The van der Waals surface area contributed by atoms with Crippen molar-refractivity contribution in [3.05, 3.63) is 35.9 Å². The van der Waals surface area contributed by atoms with Crippen LogP contribution in [0.2, 0.25) is 0 Å². The quantitative estimate of drug-likeness (QED) is 0.798. The monoisotopic (exact) mass is 378 g/mol. The Morgan fingerprint density at radius 1 is 1.08 bits per heavy atom. The molecule has 2 aliphatic heterocycles. The van der Waals surface area contributed by atoms with Gasteiger partial charge in [-0.1, -0.05) is 30.3 Å². The highest BCUT2D eigenvalue weighted by atomic mass is 32.2. The molecule has 0 atom stereocenters. The molecule has 26 heavy (non-hydrogen) atoms. The van der Waals surface area contributed by atoms with Gasteiger partial charge in [-0.15, -0.1) is 0 Å². The molecule has 2 saturated heterocycles. The molecule has 1 aromatic carbocycles. The van der Waals surface area contributed by atoms with E-state index in [4.69, 9.17) is 0 Å². The van der Waals surface area contributed by atoms with Gasteiger partial charge in [0.25, 0.3) is 0 Å². The number of nitrogens with zero attached hydrogens (tertiary/aromatic N) is 1. The van der Waals surface area contributed by atoms with Crippen LogP contribution in [0.5, 0.6) is 0 Å². The average molecular weight is 378 g/mol. The van der Waals surface area contributed by atoms with Crippen molar-refractivity contribution < 1.29 is 18.0 Å². The molecular weight excluding hydrogens is 352 g/mol. The normalized spacial score (nSPS) is 21.3. The van der Waals surface area contributed by atoms with E-state index in [2.05, 4.69) is 5.32 Å². The minimum Gasteiger partial charge on any atom is -0.341 e. The van der Waals surface area contributed by atoms with E-state index in [-0.39, 0.29) is 17.6 Å². The summed E-state index contributed by atoms with van der Waals surface area (Å²) in [5.74, 6) is -0.284. The Labute approximate surface area is 154 Å². The van der Waals surface area contributed by atoms with E-state index in [0.717, 1.165) is 0 Å². The first-order valence-electron chi connectivity index (χ1n) is 9.14. The number of carbonyl (C=O) groups excluding carboxylic acids is 2. The van der Waals surface area contributed by atoms with E-state index >= 15 is 0 Å². The van der Waals surface area contributed by atoms with Crippen LogP contribution in [-0.4, -0.2) is 62.2 Å². The Bertz CT molecular complexity index is 762. The van der Waals surface area contributed by atoms with E-state index in [1.165, 1.54) is 6.26 Å². The number of ketones is 1. The Balaban J connectivity index is 1.69. The molecule has 0 saturated carbocycles. The Hall–Kier alpha value is -1.73. The van der Waals surface area contributed by atoms with Gasteiger partial charge in [0.2, 0.25) is 5.91 Å². The van der Waals surface area contributed by atoms with Crippen molar-refractivity contribution >= 4 is 21.5 Å². The average Bonchev–Trinajstić information content (AvgIpc) is 2.67. The molecule has 2 fully saturated rings. The van der Waals surface area contributed by atoms with Gasteiger partial charge in [-0.3, -0.25) is 9.59 Å². The first-order chi connectivity index (χ1) is 12.3. The summed E-state index contributed by atoms with van der Waals surface area (Å²) in [6.45, 7) is 1.93. The highest BCUT2D eigenvalue weighted by molar-refractivity contribution is 7.92. The van der Waals surface area contributed by atoms with Gasteiger partial charge in [0, 0.05) is 30.8 Å².